The van der Waals surface area contributed by atoms with E-state index in [1.807, 2.05) is 31.3 Å². The van der Waals surface area contributed by atoms with E-state index in [1.165, 1.54) is 29.9 Å². The highest BCUT2D eigenvalue weighted by atomic mass is 32.1. The molecule has 0 saturated carbocycles. The van der Waals surface area contributed by atoms with Crippen LogP contribution in [0.15, 0.2) is 36.7 Å². The van der Waals surface area contributed by atoms with E-state index in [2.05, 4.69) is 42.7 Å². The van der Waals surface area contributed by atoms with E-state index >= 15 is 0 Å². The Morgan fingerprint density at radius 2 is 2.00 bits per heavy atom. The second-order valence-electron chi connectivity index (χ2n) is 6.77. The Morgan fingerprint density at radius 1 is 1.15 bits per heavy atom. The highest BCUT2D eigenvalue weighted by Crippen LogP contribution is 2.28. The first-order valence-corrected chi connectivity index (χ1v) is 9.63. The zero-order valence-electron chi connectivity index (χ0n) is 15.0. The molecule has 0 spiro atoms. The van der Waals surface area contributed by atoms with E-state index in [1.54, 1.807) is 6.20 Å². The van der Waals surface area contributed by atoms with E-state index in [9.17, 15) is 0 Å². The second-order valence-corrected chi connectivity index (χ2v) is 7.52. The zero-order chi connectivity index (χ0) is 17.9. The molecule has 1 saturated heterocycles. The Hall–Kier alpha value is -2.38. The van der Waals surface area contributed by atoms with Crippen LogP contribution < -0.4 is 5.32 Å². The number of nitrogens with zero attached hydrogens (tertiary/aromatic N) is 5. The van der Waals surface area contributed by atoms with Gasteiger partial charge < -0.3 is 10.2 Å². The maximum Gasteiger partial charge on any atom is 0.208 e. The molecule has 3 aromatic rings. The van der Waals surface area contributed by atoms with E-state index in [4.69, 9.17) is 0 Å². The van der Waals surface area contributed by atoms with Gasteiger partial charge in [-0.3, -0.25) is 4.98 Å². The first-order chi connectivity index (χ1) is 12.7. The number of nitrogens with one attached hydrogen (secondary N) is 1. The Kier molecular flexibility index (Phi) is 4.90. The normalized spacial score (nSPS) is 15.9. The number of aryl methyl sites for hydroxylation is 1. The lowest BCUT2D eigenvalue weighted by Crippen LogP contribution is -2.29. The number of hydrogen-bond acceptors (Lipinski definition) is 7. The average Bonchev–Trinajstić information content (AvgIpc) is 3.13. The Labute approximate surface area is 157 Å². The molecule has 1 N–H and O–H groups in total. The summed E-state index contributed by atoms with van der Waals surface area (Å²) < 4.78 is 4.44. The predicted octanol–water partition coefficient (Wildman–Crippen LogP) is 3.86. The van der Waals surface area contributed by atoms with Gasteiger partial charge in [-0.2, -0.15) is 9.36 Å². The molecule has 0 aromatic carbocycles. The lowest BCUT2D eigenvalue weighted by atomic mass is 9.90. The van der Waals surface area contributed by atoms with Crippen molar-refractivity contribution in [1.82, 2.24) is 24.2 Å². The molecule has 0 aliphatic carbocycles. The van der Waals surface area contributed by atoms with Gasteiger partial charge in [-0.15, -0.1) is 0 Å². The van der Waals surface area contributed by atoms with Gasteiger partial charge in [-0.05, 0) is 69.1 Å². The minimum atomic E-state index is 0.612. The highest BCUT2D eigenvalue weighted by Gasteiger charge is 2.19. The van der Waals surface area contributed by atoms with Gasteiger partial charge in [0.2, 0.25) is 5.13 Å². The molecule has 0 atom stereocenters. The van der Waals surface area contributed by atoms with Crippen molar-refractivity contribution in [1.29, 1.82) is 0 Å². The van der Waals surface area contributed by atoms with Crippen LogP contribution >= 0.6 is 11.5 Å². The molecule has 1 aliphatic heterocycles. The molecule has 0 unspecified atom stereocenters. The number of likely N-dealkylation sites (tertiary alicyclic amines) is 1. The maximum absolute atomic E-state index is 4.61. The first kappa shape index (κ1) is 17.1. The summed E-state index contributed by atoms with van der Waals surface area (Å²) in [6.45, 7) is 4.32. The molecular formula is C19H22N6S. The minimum Gasteiger partial charge on any atom is -0.315 e. The van der Waals surface area contributed by atoms with Crippen LogP contribution in [0.25, 0.3) is 11.5 Å². The lowest BCUT2D eigenvalue weighted by Gasteiger charge is -2.28. The van der Waals surface area contributed by atoms with Crippen LogP contribution in [-0.4, -0.2) is 44.4 Å². The zero-order valence-corrected chi connectivity index (χ0v) is 15.8. The van der Waals surface area contributed by atoms with Crippen LogP contribution in [0, 0.1) is 6.92 Å². The quantitative estimate of drug-likeness (QED) is 0.756. The molecule has 4 heterocycles. The monoisotopic (exact) mass is 366 g/mol. The van der Waals surface area contributed by atoms with Gasteiger partial charge in [-0.1, -0.05) is 12.1 Å². The summed E-state index contributed by atoms with van der Waals surface area (Å²) in [4.78, 5) is 15.9. The summed E-state index contributed by atoms with van der Waals surface area (Å²) in [6.07, 6.45) is 6.15. The van der Waals surface area contributed by atoms with Crippen molar-refractivity contribution in [3.63, 3.8) is 0 Å². The van der Waals surface area contributed by atoms with Crippen molar-refractivity contribution >= 4 is 22.5 Å². The average molecular weight is 366 g/mol. The molecular weight excluding hydrogens is 344 g/mol. The van der Waals surface area contributed by atoms with Crippen molar-refractivity contribution in [2.45, 2.75) is 25.7 Å². The Bertz CT molecular complexity index is 868. The third kappa shape index (κ3) is 3.73. The van der Waals surface area contributed by atoms with Crippen LogP contribution in [0.2, 0.25) is 0 Å². The van der Waals surface area contributed by atoms with Gasteiger partial charge in [0, 0.05) is 23.9 Å². The second kappa shape index (κ2) is 7.47. The summed E-state index contributed by atoms with van der Waals surface area (Å²) in [5, 5.41) is 3.96. The van der Waals surface area contributed by atoms with Crippen molar-refractivity contribution in [2.75, 3.05) is 25.5 Å². The van der Waals surface area contributed by atoms with Gasteiger partial charge in [0.05, 0.1) is 0 Å². The number of hydrogen-bond donors (Lipinski definition) is 1. The molecule has 1 aliphatic rings. The third-order valence-corrected chi connectivity index (χ3v) is 5.50. The molecule has 6 nitrogen and oxygen atoms in total. The summed E-state index contributed by atoms with van der Waals surface area (Å²) in [7, 11) is 2.18. The minimum absolute atomic E-state index is 0.612. The first-order valence-electron chi connectivity index (χ1n) is 8.86. The number of rotatable bonds is 4. The van der Waals surface area contributed by atoms with E-state index in [-0.39, 0.29) is 0 Å². The molecule has 26 heavy (non-hydrogen) atoms. The maximum atomic E-state index is 4.61. The number of pyridine rings is 2. The fourth-order valence-corrected chi connectivity index (χ4v) is 3.79. The molecule has 7 heteroatoms. The molecule has 3 aromatic heterocycles. The summed E-state index contributed by atoms with van der Waals surface area (Å²) in [5.74, 6) is 2.07. The van der Waals surface area contributed by atoms with E-state index in [0.29, 0.717) is 11.7 Å². The van der Waals surface area contributed by atoms with Gasteiger partial charge in [0.1, 0.15) is 11.5 Å². The van der Waals surface area contributed by atoms with E-state index < -0.39 is 0 Å². The molecule has 1 fully saturated rings. The van der Waals surface area contributed by atoms with Crippen LogP contribution in [0.5, 0.6) is 0 Å². The Morgan fingerprint density at radius 3 is 2.73 bits per heavy atom. The summed E-state index contributed by atoms with van der Waals surface area (Å²) >= 11 is 1.32. The van der Waals surface area contributed by atoms with Gasteiger partial charge >= 0.3 is 0 Å². The SMILES string of the molecule is Cc1cccnc1Nc1nc(-c2ccc(C3CCN(C)CC3)cn2)ns1. The number of aromatic nitrogens is 4. The molecule has 4 rings (SSSR count). The molecule has 0 amide bonds. The van der Waals surface area contributed by atoms with Crippen molar-refractivity contribution in [3.8, 4) is 11.5 Å². The van der Waals surface area contributed by atoms with Crippen molar-refractivity contribution in [3.05, 3.63) is 47.8 Å². The van der Waals surface area contributed by atoms with E-state index in [0.717, 1.165) is 35.3 Å². The molecule has 0 radical (unpaired) electrons. The van der Waals surface area contributed by atoms with Gasteiger partial charge in [0.25, 0.3) is 0 Å². The third-order valence-electron chi connectivity index (χ3n) is 4.87. The smallest absolute Gasteiger partial charge is 0.208 e. The fourth-order valence-electron chi connectivity index (χ4n) is 3.22. The topological polar surface area (TPSA) is 66.8 Å². The fraction of sp³-hybridized carbons (Fsp3) is 0.368. The number of piperidine rings is 1. The van der Waals surface area contributed by atoms with Crippen LogP contribution in [0.3, 0.4) is 0 Å². The predicted molar refractivity (Wildman–Crippen MR) is 105 cm³/mol. The summed E-state index contributed by atoms with van der Waals surface area (Å²) in [5.41, 5.74) is 3.20. The molecule has 0 bridgehead atoms. The lowest BCUT2D eigenvalue weighted by molar-refractivity contribution is 0.255. The number of anilines is 2. The van der Waals surface area contributed by atoms with Crippen LogP contribution in [0.1, 0.15) is 29.9 Å². The highest BCUT2D eigenvalue weighted by molar-refractivity contribution is 7.09. The Balaban J connectivity index is 1.46. The van der Waals surface area contributed by atoms with Gasteiger partial charge in [0.15, 0.2) is 5.82 Å². The van der Waals surface area contributed by atoms with Crippen LogP contribution in [-0.2, 0) is 0 Å². The van der Waals surface area contributed by atoms with Crippen LogP contribution in [0.4, 0.5) is 10.9 Å². The van der Waals surface area contributed by atoms with Crippen molar-refractivity contribution < 1.29 is 0 Å². The largest absolute Gasteiger partial charge is 0.315 e. The van der Waals surface area contributed by atoms with Crippen molar-refractivity contribution in [2.24, 2.45) is 0 Å². The van der Waals surface area contributed by atoms with Gasteiger partial charge in [-0.25, -0.2) is 4.98 Å². The molecule has 134 valence electrons. The standard InChI is InChI=1S/C19H22N6S/c1-13-4-3-9-20-17(13)22-19-23-18(24-26-19)16-6-5-15(12-21-16)14-7-10-25(2)11-8-14/h3-6,9,12,14H,7-8,10-11H2,1-2H3,(H,20,22,23,24). The summed E-state index contributed by atoms with van der Waals surface area (Å²) in [6, 6.07) is 8.14.